The minimum atomic E-state index is 0.827. The predicted molar refractivity (Wildman–Crippen MR) is 182 cm³/mol. The Balaban J connectivity index is 1.39. The van der Waals surface area contributed by atoms with E-state index in [2.05, 4.69) is 109 Å². The monoisotopic (exact) mass is 566 g/mol. The van der Waals surface area contributed by atoms with Crippen molar-refractivity contribution >= 4 is 86.0 Å². The molecule has 0 N–H and O–H groups in total. The van der Waals surface area contributed by atoms with Gasteiger partial charge in [0, 0.05) is 48.0 Å². The average Bonchev–Trinajstić information content (AvgIpc) is 3.77. The van der Waals surface area contributed by atoms with Crippen LogP contribution in [0, 0.1) is 0 Å². The summed E-state index contributed by atoms with van der Waals surface area (Å²) in [5.74, 6) is 0. The molecular formula is C40H22O2S. The van der Waals surface area contributed by atoms with E-state index in [-0.39, 0.29) is 0 Å². The Labute approximate surface area is 250 Å². The summed E-state index contributed by atoms with van der Waals surface area (Å²) in [6.07, 6.45) is 1.79. The minimum Gasteiger partial charge on any atom is -0.464 e. The maximum absolute atomic E-state index is 6.42. The average molecular weight is 567 g/mol. The van der Waals surface area contributed by atoms with Crippen molar-refractivity contribution in [3.8, 4) is 22.3 Å². The summed E-state index contributed by atoms with van der Waals surface area (Å²) in [7, 11) is 0. The molecule has 0 bridgehead atoms. The molecule has 43 heavy (non-hydrogen) atoms. The van der Waals surface area contributed by atoms with Gasteiger partial charge in [0.15, 0.2) is 0 Å². The molecule has 0 aliphatic heterocycles. The quantitative estimate of drug-likeness (QED) is 0.195. The molecule has 0 spiro atoms. The van der Waals surface area contributed by atoms with Crippen molar-refractivity contribution in [1.82, 2.24) is 0 Å². The summed E-state index contributed by atoms with van der Waals surface area (Å²) in [5, 5.41) is 10.8. The number of hydrogen-bond acceptors (Lipinski definition) is 3. The maximum atomic E-state index is 6.42. The van der Waals surface area contributed by atoms with Crippen molar-refractivity contribution in [2.75, 3.05) is 0 Å². The molecule has 10 rings (SSSR count). The van der Waals surface area contributed by atoms with Crippen LogP contribution in [0.3, 0.4) is 0 Å². The Morgan fingerprint density at radius 3 is 1.79 bits per heavy atom. The van der Waals surface area contributed by atoms with Gasteiger partial charge in [-0.2, -0.15) is 0 Å². The largest absolute Gasteiger partial charge is 0.464 e. The summed E-state index contributed by atoms with van der Waals surface area (Å²) >= 11 is 1.86. The van der Waals surface area contributed by atoms with Gasteiger partial charge in [0.1, 0.15) is 16.7 Å². The molecule has 0 amide bonds. The molecule has 3 heterocycles. The lowest BCUT2D eigenvalue weighted by Crippen LogP contribution is -1.92. The number of rotatable bonds is 2. The summed E-state index contributed by atoms with van der Waals surface area (Å²) in [4.78, 5) is 0. The van der Waals surface area contributed by atoms with Crippen molar-refractivity contribution in [2.24, 2.45) is 0 Å². The zero-order chi connectivity index (χ0) is 28.1. The first kappa shape index (κ1) is 23.2. The van der Waals surface area contributed by atoms with Crippen LogP contribution < -0.4 is 0 Å². The Morgan fingerprint density at radius 1 is 0.395 bits per heavy atom. The molecule has 0 aliphatic carbocycles. The van der Waals surface area contributed by atoms with Crippen LogP contribution in [0.4, 0.5) is 0 Å². The van der Waals surface area contributed by atoms with Crippen LogP contribution in [0.2, 0.25) is 0 Å². The van der Waals surface area contributed by atoms with E-state index in [4.69, 9.17) is 8.83 Å². The van der Waals surface area contributed by atoms with Crippen LogP contribution in [-0.2, 0) is 0 Å². The van der Waals surface area contributed by atoms with Crippen molar-refractivity contribution < 1.29 is 8.83 Å². The van der Waals surface area contributed by atoms with E-state index in [1.165, 1.54) is 58.4 Å². The second-order valence-corrected chi connectivity index (χ2v) is 12.3. The van der Waals surface area contributed by atoms with Crippen molar-refractivity contribution in [1.29, 1.82) is 0 Å². The van der Waals surface area contributed by atoms with Crippen LogP contribution in [-0.4, -0.2) is 0 Å². The lowest BCUT2D eigenvalue weighted by atomic mass is 9.84. The van der Waals surface area contributed by atoms with E-state index in [1.807, 2.05) is 29.5 Å². The number of hydrogen-bond donors (Lipinski definition) is 0. The minimum absolute atomic E-state index is 0.827. The van der Waals surface area contributed by atoms with Crippen molar-refractivity contribution in [2.45, 2.75) is 0 Å². The third kappa shape index (κ3) is 3.17. The van der Waals surface area contributed by atoms with E-state index in [0.29, 0.717) is 0 Å². The third-order valence-corrected chi connectivity index (χ3v) is 10.1. The second-order valence-electron chi connectivity index (χ2n) is 11.2. The molecule has 0 saturated heterocycles. The molecule has 200 valence electrons. The van der Waals surface area contributed by atoms with Gasteiger partial charge in [-0.1, -0.05) is 91.0 Å². The highest BCUT2D eigenvalue weighted by atomic mass is 32.1. The normalized spacial score (nSPS) is 12.2. The summed E-state index contributed by atoms with van der Waals surface area (Å²) in [6, 6.07) is 45.9. The molecule has 3 heteroatoms. The van der Waals surface area contributed by atoms with Gasteiger partial charge < -0.3 is 8.83 Å². The van der Waals surface area contributed by atoms with Crippen LogP contribution in [0.25, 0.3) is 96.9 Å². The molecule has 0 radical (unpaired) electrons. The lowest BCUT2D eigenvalue weighted by molar-refractivity contribution is 0.613. The molecule has 0 atom stereocenters. The van der Waals surface area contributed by atoms with Crippen LogP contribution in [0.15, 0.2) is 142 Å². The van der Waals surface area contributed by atoms with Gasteiger partial charge in [-0.25, -0.2) is 0 Å². The first-order chi connectivity index (χ1) is 21.3. The SMILES string of the molecule is c1ccc2c(c1)oc1cc3occc3c(-c3c4ccccc4c(-c4ccc5sc6ccccc6c5c4)c4ccccc34)c12. The van der Waals surface area contributed by atoms with E-state index < -0.39 is 0 Å². The van der Waals surface area contributed by atoms with E-state index >= 15 is 0 Å². The zero-order valence-corrected chi connectivity index (χ0v) is 23.7. The van der Waals surface area contributed by atoms with Gasteiger partial charge >= 0.3 is 0 Å². The number of furan rings is 2. The topological polar surface area (TPSA) is 26.3 Å². The van der Waals surface area contributed by atoms with E-state index in [9.17, 15) is 0 Å². The summed E-state index contributed by atoms with van der Waals surface area (Å²) in [6.45, 7) is 0. The molecule has 3 aromatic heterocycles. The molecule has 0 aliphatic rings. The first-order valence-corrected chi connectivity index (χ1v) is 15.3. The summed E-state index contributed by atoms with van der Waals surface area (Å²) in [5.41, 5.74) is 7.41. The molecule has 10 aromatic rings. The number of thiophene rings is 1. The fourth-order valence-corrected chi connectivity index (χ4v) is 8.25. The van der Waals surface area contributed by atoms with Gasteiger partial charge in [-0.3, -0.25) is 0 Å². The Morgan fingerprint density at radius 2 is 1.02 bits per heavy atom. The van der Waals surface area contributed by atoms with E-state index in [0.717, 1.165) is 38.5 Å². The van der Waals surface area contributed by atoms with Gasteiger partial charge in [0.2, 0.25) is 0 Å². The summed E-state index contributed by atoms with van der Waals surface area (Å²) < 4.78 is 15.1. The van der Waals surface area contributed by atoms with Gasteiger partial charge in [-0.15, -0.1) is 11.3 Å². The highest BCUT2D eigenvalue weighted by Crippen LogP contribution is 2.50. The van der Waals surface area contributed by atoms with Gasteiger partial charge in [0.25, 0.3) is 0 Å². The Kier molecular flexibility index (Phi) is 4.63. The van der Waals surface area contributed by atoms with Gasteiger partial charge in [0.05, 0.1) is 6.26 Å². The van der Waals surface area contributed by atoms with E-state index in [1.54, 1.807) is 6.26 Å². The Bertz CT molecular complexity index is 2680. The predicted octanol–water partition coefficient (Wildman–Crippen LogP) is 12.3. The lowest BCUT2D eigenvalue weighted by Gasteiger charge is -2.19. The first-order valence-electron chi connectivity index (χ1n) is 14.5. The fraction of sp³-hybridized carbons (Fsp3) is 0. The Hall–Kier alpha value is -5.38. The van der Waals surface area contributed by atoms with Crippen LogP contribution >= 0.6 is 11.3 Å². The van der Waals surface area contributed by atoms with Crippen LogP contribution in [0.5, 0.6) is 0 Å². The number of fused-ring (bicyclic) bond motifs is 9. The number of para-hydroxylation sites is 1. The third-order valence-electron chi connectivity index (χ3n) is 8.95. The maximum Gasteiger partial charge on any atom is 0.139 e. The molecule has 0 fully saturated rings. The standard InChI is InChI=1S/C40H22O2S/c1-3-12-27-25(10-1)37(23-17-18-36-31(21-23)24-9-6-8-16-35(24)43-36)26-11-2-4-13-28(26)38(27)40-30-19-20-41-33(30)22-34-39(40)29-14-5-7-15-32(29)42-34/h1-22H. The molecule has 0 unspecified atom stereocenters. The zero-order valence-electron chi connectivity index (χ0n) is 22.9. The fourth-order valence-electron chi connectivity index (χ4n) is 7.17. The second kappa shape index (κ2) is 8.57. The molecule has 7 aromatic carbocycles. The van der Waals surface area contributed by atoms with Crippen molar-refractivity contribution in [3.05, 3.63) is 134 Å². The molecule has 0 saturated carbocycles. The highest BCUT2D eigenvalue weighted by molar-refractivity contribution is 7.25. The number of benzene rings is 7. The molecule has 2 nitrogen and oxygen atoms in total. The van der Waals surface area contributed by atoms with Crippen molar-refractivity contribution in [3.63, 3.8) is 0 Å². The van der Waals surface area contributed by atoms with Crippen LogP contribution in [0.1, 0.15) is 0 Å². The smallest absolute Gasteiger partial charge is 0.139 e. The molecular weight excluding hydrogens is 545 g/mol. The van der Waals surface area contributed by atoms with Gasteiger partial charge in [-0.05, 0) is 68.6 Å². The highest BCUT2D eigenvalue weighted by Gasteiger charge is 2.23.